The standard InChI is InChI=1S/C13H10Br2/c14-13(15)12-8-6-11(7-9-12)10-4-2-1-3-5-10/h1-8H,9H2. The lowest BCUT2D eigenvalue weighted by Crippen LogP contribution is -1.88. The Morgan fingerprint density at radius 3 is 2.27 bits per heavy atom. The minimum Gasteiger partial charge on any atom is -0.0722 e. The Morgan fingerprint density at radius 2 is 1.73 bits per heavy atom. The minimum atomic E-state index is 0.965. The second-order valence-electron chi connectivity index (χ2n) is 3.35. The first-order valence-electron chi connectivity index (χ1n) is 4.75. The van der Waals surface area contributed by atoms with Gasteiger partial charge in [-0.3, -0.25) is 0 Å². The molecule has 2 heteroatoms. The Hall–Kier alpha value is -0.600. The molecule has 0 nitrogen and oxygen atoms in total. The fourth-order valence-electron chi connectivity index (χ4n) is 1.53. The summed E-state index contributed by atoms with van der Waals surface area (Å²) in [5, 5.41) is 0. The molecule has 0 saturated heterocycles. The van der Waals surface area contributed by atoms with Crippen LogP contribution in [0.3, 0.4) is 0 Å². The summed E-state index contributed by atoms with van der Waals surface area (Å²) in [4.78, 5) is 0. The van der Waals surface area contributed by atoms with Crippen molar-refractivity contribution in [3.63, 3.8) is 0 Å². The first kappa shape index (κ1) is 10.9. The largest absolute Gasteiger partial charge is 0.0722 e. The fourth-order valence-corrected chi connectivity index (χ4v) is 2.12. The van der Waals surface area contributed by atoms with Gasteiger partial charge in [0.05, 0.1) is 3.39 Å². The molecule has 0 atom stereocenters. The van der Waals surface area contributed by atoms with Gasteiger partial charge in [0.2, 0.25) is 0 Å². The van der Waals surface area contributed by atoms with Gasteiger partial charge in [-0.15, -0.1) is 0 Å². The quantitative estimate of drug-likeness (QED) is 0.679. The van der Waals surface area contributed by atoms with E-state index in [0.29, 0.717) is 0 Å². The molecule has 1 aliphatic rings. The lowest BCUT2D eigenvalue weighted by Gasteiger charge is -2.09. The lowest BCUT2D eigenvalue weighted by molar-refractivity contribution is 1.27. The maximum absolute atomic E-state index is 3.43. The molecule has 0 N–H and O–H groups in total. The van der Waals surface area contributed by atoms with Crippen LogP contribution in [0.25, 0.3) is 5.57 Å². The van der Waals surface area contributed by atoms with Crippen LogP contribution in [0.4, 0.5) is 0 Å². The van der Waals surface area contributed by atoms with Crippen molar-refractivity contribution >= 4 is 37.4 Å². The fraction of sp³-hybridized carbons (Fsp3) is 0.0769. The van der Waals surface area contributed by atoms with Crippen molar-refractivity contribution in [2.24, 2.45) is 0 Å². The molecule has 0 amide bonds. The Bertz CT molecular complexity index is 435. The third kappa shape index (κ3) is 2.70. The van der Waals surface area contributed by atoms with E-state index < -0.39 is 0 Å². The van der Waals surface area contributed by atoms with Crippen molar-refractivity contribution in [1.82, 2.24) is 0 Å². The number of rotatable bonds is 1. The Balaban J connectivity index is 2.24. The molecule has 0 bridgehead atoms. The van der Waals surface area contributed by atoms with Crippen LogP contribution in [0.1, 0.15) is 12.0 Å². The zero-order valence-corrected chi connectivity index (χ0v) is 11.3. The average Bonchev–Trinajstić information content (AvgIpc) is 2.30. The molecule has 0 aliphatic heterocycles. The molecule has 0 heterocycles. The SMILES string of the molecule is BrC(Br)=C1C=CC(c2ccccc2)=CC1. The van der Waals surface area contributed by atoms with Gasteiger partial charge in [0.15, 0.2) is 0 Å². The normalized spacial score (nSPS) is 15.1. The van der Waals surface area contributed by atoms with Gasteiger partial charge in [0.25, 0.3) is 0 Å². The summed E-state index contributed by atoms with van der Waals surface area (Å²) in [7, 11) is 0. The number of benzene rings is 1. The summed E-state index contributed by atoms with van der Waals surface area (Å²) in [6, 6.07) is 10.4. The summed E-state index contributed by atoms with van der Waals surface area (Å²) in [6.07, 6.45) is 7.50. The van der Waals surface area contributed by atoms with E-state index in [-0.39, 0.29) is 0 Å². The third-order valence-electron chi connectivity index (χ3n) is 2.36. The third-order valence-corrected chi connectivity index (χ3v) is 3.37. The molecular weight excluding hydrogens is 316 g/mol. The van der Waals surface area contributed by atoms with Crippen molar-refractivity contribution in [2.45, 2.75) is 6.42 Å². The highest BCUT2D eigenvalue weighted by Gasteiger charge is 2.05. The van der Waals surface area contributed by atoms with Crippen LogP contribution in [-0.2, 0) is 0 Å². The van der Waals surface area contributed by atoms with Crippen LogP contribution in [0, 0.1) is 0 Å². The highest BCUT2D eigenvalue weighted by Crippen LogP contribution is 2.29. The summed E-state index contributed by atoms with van der Waals surface area (Å²) in [6.45, 7) is 0. The van der Waals surface area contributed by atoms with Gasteiger partial charge in [-0.1, -0.05) is 48.6 Å². The maximum Gasteiger partial charge on any atom is 0.0639 e. The molecule has 15 heavy (non-hydrogen) atoms. The van der Waals surface area contributed by atoms with Crippen molar-refractivity contribution in [1.29, 1.82) is 0 Å². The lowest BCUT2D eigenvalue weighted by atomic mass is 9.98. The molecule has 0 radical (unpaired) electrons. The summed E-state index contributed by atoms with van der Waals surface area (Å²) >= 11 is 6.86. The second-order valence-corrected chi connectivity index (χ2v) is 6.00. The molecule has 0 saturated carbocycles. The van der Waals surface area contributed by atoms with Crippen LogP contribution in [-0.4, -0.2) is 0 Å². The number of hydrogen-bond acceptors (Lipinski definition) is 0. The van der Waals surface area contributed by atoms with E-state index in [0.717, 1.165) is 9.81 Å². The van der Waals surface area contributed by atoms with Crippen LogP contribution >= 0.6 is 31.9 Å². The van der Waals surface area contributed by atoms with Crippen molar-refractivity contribution < 1.29 is 0 Å². The van der Waals surface area contributed by atoms with Gasteiger partial charge in [0, 0.05) is 0 Å². The van der Waals surface area contributed by atoms with Gasteiger partial charge in [0.1, 0.15) is 0 Å². The number of allylic oxidation sites excluding steroid dienone is 5. The topological polar surface area (TPSA) is 0 Å². The van der Waals surface area contributed by atoms with Gasteiger partial charge in [-0.2, -0.15) is 0 Å². The van der Waals surface area contributed by atoms with E-state index >= 15 is 0 Å². The van der Waals surface area contributed by atoms with Crippen molar-refractivity contribution in [3.05, 3.63) is 63.1 Å². The van der Waals surface area contributed by atoms with Gasteiger partial charge >= 0.3 is 0 Å². The molecule has 2 rings (SSSR count). The predicted octanol–water partition coefficient (Wildman–Crippen LogP) is 5.03. The molecule has 1 aliphatic carbocycles. The van der Waals surface area contributed by atoms with E-state index in [1.165, 1.54) is 16.7 Å². The first-order valence-corrected chi connectivity index (χ1v) is 6.34. The molecule has 1 aromatic rings. The summed E-state index contributed by atoms with van der Waals surface area (Å²) < 4.78 is 1.04. The maximum atomic E-state index is 3.43. The molecule has 1 aromatic carbocycles. The van der Waals surface area contributed by atoms with Crippen LogP contribution in [0.5, 0.6) is 0 Å². The Morgan fingerprint density at radius 1 is 1.00 bits per heavy atom. The molecule has 0 fully saturated rings. The van der Waals surface area contributed by atoms with Gasteiger partial charge in [-0.05, 0) is 55.0 Å². The summed E-state index contributed by atoms with van der Waals surface area (Å²) in [5.41, 5.74) is 3.84. The van der Waals surface area contributed by atoms with E-state index in [1.54, 1.807) is 0 Å². The molecular formula is C13H10Br2. The van der Waals surface area contributed by atoms with E-state index in [4.69, 9.17) is 0 Å². The van der Waals surface area contributed by atoms with Crippen molar-refractivity contribution in [2.75, 3.05) is 0 Å². The average molecular weight is 326 g/mol. The first-order chi connectivity index (χ1) is 7.27. The van der Waals surface area contributed by atoms with Crippen LogP contribution in [0.15, 0.2) is 57.5 Å². The van der Waals surface area contributed by atoms with Crippen molar-refractivity contribution in [3.8, 4) is 0 Å². The van der Waals surface area contributed by atoms with E-state index in [9.17, 15) is 0 Å². The molecule has 0 spiro atoms. The zero-order valence-electron chi connectivity index (χ0n) is 8.08. The molecule has 0 unspecified atom stereocenters. The van der Waals surface area contributed by atoms with E-state index in [2.05, 4.69) is 74.4 Å². The number of hydrogen-bond donors (Lipinski definition) is 0. The zero-order chi connectivity index (χ0) is 10.7. The Labute approximate surface area is 107 Å². The molecule has 76 valence electrons. The van der Waals surface area contributed by atoms with Crippen LogP contribution < -0.4 is 0 Å². The smallest absolute Gasteiger partial charge is 0.0639 e. The van der Waals surface area contributed by atoms with Gasteiger partial charge < -0.3 is 0 Å². The highest BCUT2D eigenvalue weighted by atomic mass is 79.9. The number of halogens is 2. The minimum absolute atomic E-state index is 0.965. The second kappa shape index (κ2) is 4.95. The predicted molar refractivity (Wildman–Crippen MR) is 73.1 cm³/mol. The Kier molecular flexibility index (Phi) is 3.60. The molecule has 0 aromatic heterocycles. The van der Waals surface area contributed by atoms with Crippen LogP contribution in [0.2, 0.25) is 0 Å². The highest BCUT2D eigenvalue weighted by molar-refractivity contribution is 9.28. The van der Waals surface area contributed by atoms with Gasteiger partial charge in [-0.25, -0.2) is 0 Å². The monoisotopic (exact) mass is 324 g/mol. The van der Waals surface area contributed by atoms with E-state index in [1.807, 2.05) is 6.07 Å². The summed E-state index contributed by atoms with van der Waals surface area (Å²) in [5.74, 6) is 0.